The third-order valence-corrected chi connectivity index (χ3v) is 0. The molecule has 0 N–H and O–H groups in total. The fraction of sp³-hybridized carbons (Fsp3) is 0.750. The van der Waals surface area contributed by atoms with Crippen molar-refractivity contribution in [1.82, 2.24) is 0 Å². The van der Waals surface area contributed by atoms with Gasteiger partial charge >= 0.3 is 0 Å². The van der Waals surface area contributed by atoms with Gasteiger partial charge in [-0.3, -0.25) is 0 Å². The van der Waals surface area contributed by atoms with E-state index in [0.29, 0.717) is 0 Å². The SMILES string of the molecule is C[C-](C)C.PP.PP.[Y].[Y].[Y]. The fourth-order valence-electron chi connectivity index (χ4n) is 0. The van der Waals surface area contributed by atoms with Crippen LogP contribution in [0, 0.1) is 5.92 Å². The molecule has 0 aliphatic heterocycles. The minimum absolute atomic E-state index is 0. The van der Waals surface area contributed by atoms with Gasteiger partial charge in [0.05, 0.1) is 0 Å². The van der Waals surface area contributed by atoms with E-state index in [-0.39, 0.29) is 98.1 Å². The van der Waals surface area contributed by atoms with E-state index in [1.165, 1.54) is 5.92 Å². The molecule has 11 heavy (non-hydrogen) atoms. The van der Waals surface area contributed by atoms with Gasteiger partial charge in [0.15, 0.2) is 0 Å². The van der Waals surface area contributed by atoms with Crippen LogP contribution in [0.5, 0.6) is 0 Å². The van der Waals surface area contributed by atoms with E-state index in [0.717, 1.165) is 0 Å². The summed E-state index contributed by atoms with van der Waals surface area (Å²) in [7, 11) is 9.33. The minimum Gasteiger partial charge on any atom is -0.323 e. The fourth-order valence-corrected chi connectivity index (χ4v) is 0. The van der Waals surface area contributed by atoms with Gasteiger partial charge < -0.3 is 5.92 Å². The van der Waals surface area contributed by atoms with Crippen LogP contribution in [0.3, 0.4) is 0 Å². The zero-order valence-corrected chi connectivity index (χ0v) is 20.7. The summed E-state index contributed by atoms with van der Waals surface area (Å²) >= 11 is 0. The standard InChI is InChI=1S/C4H9.2H4P2.3Y/c1-4(2)3;2*1-2;;;/h1-3H3;2*1-2H2;;;/q-1;;;;;. The molecule has 0 saturated carbocycles. The average molecular weight is 456 g/mol. The number of hydrogen-bond donors (Lipinski definition) is 0. The zero-order valence-electron chi connectivity index (χ0n) is 7.54. The van der Waals surface area contributed by atoms with Crippen LogP contribution in [0.2, 0.25) is 0 Å². The molecule has 0 aliphatic rings. The molecule has 0 rings (SSSR count). The molecule has 0 aromatic heterocycles. The van der Waals surface area contributed by atoms with E-state index in [2.05, 4.69) is 56.5 Å². The van der Waals surface area contributed by atoms with Crippen LogP contribution in [0.25, 0.3) is 0 Å². The maximum absolute atomic E-state index is 2.33. The minimum atomic E-state index is 0. The van der Waals surface area contributed by atoms with Crippen LogP contribution in [-0.2, 0) is 98.1 Å². The van der Waals surface area contributed by atoms with E-state index in [1.807, 2.05) is 0 Å². The summed E-state index contributed by atoms with van der Waals surface area (Å²) in [6, 6.07) is 0. The molecule has 0 aliphatic carbocycles. The van der Waals surface area contributed by atoms with Crippen molar-refractivity contribution < 1.29 is 98.1 Å². The first-order valence-corrected chi connectivity index (χ1v) is 7.50. The second-order valence-electron chi connectivity index (χ2n) is 1.50. The molecular formula is C4H17P4Y3-. The van der Waals surface area contributed by atoms with Gasteiger partial charge in [-0.15, -0.1) is 35.7 Å². The number of rotatable bonds is 0. The molecule has 63 valence electrons. The van der Waals surface area contributed by atoms with Gasteiger partial charge in [0.25, 0.3) is 0 Å². The Morgan fingerprint density at radius 1 is 0.636 bits per heavy atom. The maximum Gasteiger partial charge on any atom is 0 e. The quantitative estimate of drug-likeness (QED) is 0.389. The van der Waals surface area contributed by atoms with Gasteiger partial charge in [0, 0.05) is 98.1 Å². The molecule has 7 heteroatoms. The molecule has 4 unspecified atom stereocenters. The third-order valence-electron chi connectivity index (χ3n) is 0. The van der Waals surface area contributed by atoms with E-state index < -0.39 is 0 Å². The first kappa shape index (κ1) is 36.0. The van der Waals surface area contributed by atoms with Crippen molar-refractivity contribution in [3.63, 3.8) is 0 Å². The Hall–Kier alpha value is 5.03. The van der Waals surface area contributed by atoms with Gasteiger partial charge in [-0.1, -0.05) is 0 Å². The smallest absolute Gasteiger partial charge is 0 e. The van der Waals surface area contributed by atoms with E-state index in [4.69, 9.17) is 0 Å². The summed E-state index contributed by atoms with van der Waals surface area (Å²) in [6.07, 6.45) is 0. The van der Waals surface area contributed by atoms with Gasteiger partial charge in [0.1, 0.15) is 0 Å². The zero-order chi connectivity index (χ0) is 7.58. The Morgan fingerprint density at radius 2 is 0.636 bits per heavy atom. The average Bonchev–Trinajstić information content (AvgIpc) is 1.75. The summed E-state index contributed by atoms with van der Waals surface area (Å²) in [4.78, 5) is 0. The first-order valence-electron chi connectivity index (χ1n) is 2.17. The predicted molar refractivity (Wildman–Crippen MR) is 59.1 cm³/mol. The Bertz CT molecular complexity index is 22.1. The Kier molecular flexibility index (Phi) is 150. The van der Waals surface area contributed by atoms with Crippen LogP contribution in [0.4, 0.5) is 0 Å². The monoisotopic (exact) mass is 456 g/mol. The predicted octanol–water partition coefficient (Wildman–Crippen LogP) is 2.92. The van der Waals surface area contributed by atoms with Crippen molar-refractivity contribution >= 4 is 35.7 Å². The Balaban J connectivity index is -0.00000000813. The molecule has 0 spiro atoms. The van der Waals surface area contributed by atoms with Crippen LogP contribution < -0.4 is 0 Å². The second kappa shape index (κ2) is 45.9. The van der Waals surface area contributed by atoms with E-state index in [1.54, 1.807) is 0 Å². The van der Waals surface area contributed by atoms with Gasteiger partial charge in [0.2, 0.25) is 0 Å². The summed E-state index contributed by atoms with van der Waals surface area (Å²) in [5.74, 6) is 1.42. The largest absolute Gasteiger partial charge is 0.323 e. The molecule has 0 saturated heterocycles. The molecule has 0 aromatic carbocycles. The summed E-state index contributed by atoms with van der Waals surface area (Å²) in [5, 5.41) is 0. The van der Waals surface area contributed by atoms with Crippen molar-refractivity contribution in [3.8, 4) is 0 Å². The van der Waals surface area contributed by atoms with E-state index in [9.17, 15) is 0 Å². The first-order chi connectivity index (χ1) is 3.73. The molecule has 0 heterocycles. The Labute approximate surface area is 157 Å². The normalized spacial score (nSPS) is 4.36. The molecule has 4 atom stereocenters. The van der Waals surface area contributed by atoms with Crippen LogP contribution >= 0.6 is 35.7 Å². The van der Waals surface area contributed by atoms with Crippen molar-refractivity contribution in [2.45, 2.75) is 20.8 Å². The topological polar surface area (TPSA) is 0 Å². The van der Waals surface area contributed by atoms with Crippen molar-refractivity contribution in [2.24, 2.45) is 0 Å². The molecular weight excluding hydrogens is 439 g/mol. The molecule has 0 amide bonds. The van der Waals surface area contributed by atoms with Crippen molar-refractivity contribution in [2.75, 3.05) is 0 Å². The van der Waals surface area contributed by atoms with Crippen molar-refractivity contribution in [1.29, 1.82) is 0 Å². The van der Waals surface area contributed by atoms with E-state index >= 15 is 0 Å². The molecule has 0 bridgehead atoms. The van der Waals surface area contributed by atoms with Crippen LogP contribution in [0.1, 0.15) is 20.8 Å². The summed E-state index contributed by atoms with van der Waals surface area (Å²) in [5.41, 5.74) is 0. The maximum atomic E-state index is 2.33. The van der Waals surface area contributed by atoms with Gasteiger partial charge in [-0.25, -0.2) is 0 Å². The summed E-state index contributed by atoms with van der Waals surface area (Å²) in [6.45, 7) is 6.25. The van der Waals surface area contributed by atoms with Gasteiger partial charge in [-0.05, 0) is 0 Å². The molecule has 0 nitrogen and oxygen atoms in total. The number of hydrogen-bond acceptors (Lipinski definition) is 0. The second-order valence-corrected chi connectivity index (χ2v) is 1.50. The van der Waals surface area contributed by atoms with Gasteiger partial charge in [-0.2, -0.15) is 20.8 Å². The third kappa shape index (κ3) is 101. The summed E-state index contributed by atoms with van der Waals surface area (Å²) < 4.78 is 0. The Morgan fingerprint density at radius 3 is 0.636 bits per heavy atom. The van der Waals surface area contributed by atoms with Crippen LogP contribution in [-0.4, -0.2) is 0 Å². The molecule has 3 radical (unpaired) electrons. The molecule has 0 aromatic rings. The van der Waals surface area contributed by atoms with Crippen LogP contribution in [0.15, 0.2) is 0 Å². The van der Waals surface area contributed by atoms with Crippen molar-refractivity contribution in [3.05, 3.63) is 5.92 Å². The molecule has 0 fully saturated rings.